The van der Waals surface area contributed by atoms with Crippen LogP contribution in [0.1, 0.15) is 17.0 Å². The molecule has 0 atom stereocenters. The Morgan fingerprint density at radius 2 is 2.27 bits per heavy atom. The van der Waals surface area contributed by atoms with Crippen molar-refractivity contribution in [3.63, 3.8) is 0 Å². The van der Waals surface area contributed by atoms with Crippen molar-refractivity contribution in [2.75, 3.05) is 12.3 Å². The Morgan fingerprint density at radius 1 is 1.45 bits per heavy atom. The summed E-state index contributed by atoms with van der Waals surface area (Å²) in [6.07, 6.45) is 0.546. The quantitative estimate of drug-likeness (QED) is 0.606. The number of halogens is 1. The molecule has 112 valence electrons. The van der Waals surface area contributed by atoms with Crippen molar-refractivity contribution in [2.45, 2.75) is 6.42 Å². The standard InChI is InChI=1S/C13H10BrN5O2S/c14-5-3-22-10-6-4(7-12(21)19-13(15)18-7)1-2-16-11(20)9(6)17-8(5)10/h3,21H,1-2H2,(H,16,20)(H3,15,18,19). The van der Waals surface area contributed by atoms with Crippen molar-refractivity contribution in [2.24, 2.45) is 4.99 Å². The van der Waals surface area contributed by atoms with Crippen molar-refractivity contribution in [1.29, 1.82) is 0 Å². The van der Waals surface area contributed by atoms with Gasteiger partial charge >= 0.3 is 0 Å². The van der Waals surface area contributed by atoms with E-state index in [1.807, 2.05) is 5.38 Å². The predicted octanol–water partition coefficient (Wildman–Crippen LogP) is 2.04. The average molecular weight is 380 g/mol. The first kappa shape index (κ1) is 13.5. The Balaban J connectivity index is 2.02. The van der Waals surface area contributed by atoms with Crippen LogP contribution < -0.4 is 11.1 Å². The molecule has 7 nitrogen and oxygen atoms in total. The lowest BCUT2D eigenvalue weighted by Gasteiger charge is -2.07. The number of hydrogen-bond donors (Lipinski definition) is 4. The molecule has 4 rings (SSSR count). The predicted molar refractivity (Wildman–Crippen MR) is 88.2 cm³/mol. The lowest BCUT2D eigenvalue weighted by molar-refractivity contribution is -0.114. The van der Waals surface area contributed by atoms with Gasteiger partial charge in [0.25, 0.3) is 5.91 Å². The highest BCUT2D eigenvalue weighted by molar-refractivity contribution is 9.10. The molecule has 2 aliphatic rings. The second-order valence-corrected chi connectivity index (χ2v) is 6.64. The summed E-state index contributed by atoms with van der Waals surface area (Å²) < 4.78 is 0.848. The summed E-state index contributed by atoms with van der Waals surface area (Å²) in [5.41, 5.74) is 8.69. The van der Waals surface area contributed by atoms with Gasteiger partial charge in [-0.2, -0.15) is 4.98 Å². The molecule has 0 radical (unpaired) electrons. The second-order valence-electron chi connectivity index (χ2n) is 4.90. The van der Waals surface area contributed by atoms with Gasteiger partial charge in [0, 0.05) is 17.5 Å². The van der Waals surface area contributed by atoms with Crippen LogP contribution in [-0.2, 0) is 4.79 Å². The summed E-state index contributed by atoms with van der Waals surface area (Å²) in [6.45, 7) is 0.455. The van der Waals surface area contributed by atoms with Crippen LogP contribution in [0.25, 0.3) is 11.1 Å². The van der Waals surface area contributed by atoms with Crippen molar-refractivity contribution >= 4 is 61.7 Å². The lowest BCUT2D eigenvalue weighted by atomic mass is 9.99. The van der Waals surface area contributed by atoms with Gasteiger partial charge in [0.15, 0.2) is 0 Å². The van der Waals surface area contributed by atoms with Crippen LogP contribution in [0, 0.1) is 0 Å². The Labute approximate surface area is 137 Å². The third-order valence-electron chi connectivity index (χ3n) is 3.59. The zero-order chi connectivity index (χ0) is 15.4. The number of aliphatic imine (C=N–C) groups is 1. The highest BCUT2D eigenvalue weighted by atomic mass is 79.9. The minimum absolute atomic E-state index is 0.133. The maximum Gasteiger partial charge on any atom is 0.270 e. The molecule has 2 aromatic heterocycles. The number of nitrogens with one attached hydrogen (secondary N) is 2. The highest BCUT2D eigenvalue weighted by Gasteiger charge is 2.35. The van der Waals surface area contributed by atoms with Crippen LogP contribution in [0.4, 0.5) is 11.6 Å². The third kappa shape index (κ3) is 1.82. The fraction of sp³-hybridized carbons (Fsp3) is 0.154. The molecule has 0 saturated heterocycles. The molecule has 0 fully saturated rings. The number of rotatable bonds is 1. The van der Waals surface area contributed by atoms with E-state index in [-0.39, 0.29) is 17.7 Å². The number of nitrogens with zero attached hydrogens (tertiary/aromatic N) is 2. The van der Waals surface area contributed by atoms with Crippen molar-refractivity contribution in [3.05, 3.63) is 20.4 Å². The number of nitrogen functional groups attached to an aromatic ring is 1. The number of fused-ring (bicyclic) bond motifs is 3. The zero-order valence-corrected chi connectivity index (χ0v) is 13.5. The summed E-state index contributed by atoms with van der Waals surface area (Å²) in [4.78, 5) is 24.3. The van der Waals surface area contributed by atoms with Crippen LogP contribution in [0.2, 0.25) is 0 Å². The average Bonchev–Trinajstić information content (AvgIpc) is 3.08. The Bertz CT molecular complexity index is 879. The van der Waals surface area contributed by atoms with E-state index in [9.17, 15) is 9.90 Å². The molecule has 1 amide bonds. The zero-order valence-electron chi connectivity index (χ0n) is 11.1. The van der Waals surface area contributed by atoms with E-state index in [0.717, 1.165) is 26.2 Å². The van der Waals surface area contributed by atoms with Crippen LogP contribution >= 0.6 is 27.3 Å². The first-order valence-corrected chi connectivity index (χ1v) is 8.16. The van der Waals surface area contributed by atoms with Gasteiger partial charge in [0.2, 0.25) is 11.8 Å². The molecule has 0 bridgehead atoms. The smallest absolute Gasteiger partial charge is 0.270 e. The molecule has 4 heterocycles. The number of H-pyrrole nitrogens is 1. The lowest BCUT2D eigenvalue weighted by Crippen LogP contribution is -2.29. The molecular weight excluding hydrogens is 370 g/mol. The van der Waals surface area contributed by atoms with Crippen LogP contribution in [-0.4, -0.2) is 33.2 Å². The normalized spacial score (nSPS) is 17.0. The van der Waals surface area contributed by atoms with Gasteiger partial charge < -0.3 is 21.1 Å². The van der Waals surface area contributed by atoms with Gasteiger partial charge in [-0.25, -0.2) is 4.99 Å². The summed E-state index contributed by atoms with van der Waals surface area (Å²) in [6, 6.07) is 0. The number of carbonyl (C=O) groups is 1. The number of anilines is 1. The van der Waals surface area contributed by atoms with E-state index in [4.69, 9.17) is 5.73 Å². The van der Waals surface area contributed by atoms with Gasteiger partial charge in [-0.1, -0.05) is 0 Å². The number of thiophene rings is 1. The molecule has 2 aliphatic heterocycles. The maximum absolute atomic E-state index is 12.2. The second kappa shape index (κ2) is 4.68. The first-order valence-electron chi connectivity index (χ1n) is 6.49. The topological polar surface area (TPSA) is 116 Å². The molecule has 0 aliphatic carbocycles. The van der Waals surface area contributed by atoms with Gasteiger partial charge in [-0.05, 0) is 27.9 Å². The Hall–Kier alpha value is -2.13. The fourth-order valence-electron chi connectivity index (χ4n) is 2.68. The summed E-state index contributed by atoms with van der Waals surface area (Å²) in [5, 5.41) is 14.8. The number of aromatic nitrogens is 2. The number of aromatic amines is 1. The van der Waals surface area contributed by atoms with Gasteiger partial charge in [0.05, 0.1) is 15.0 Å². The van der Waals surface area contributed by atoms with Gasteiger partial charge in [-0.3, -0.25) is 4.79 Å². The largest absolute Gasteiger partial charge is 0.492 e. The van der Waals surface area contributed by atoms with Crippen LogP contribution in [0.15, 0.2) is 14.8 Å². The maximum atomic E-state index is 12.2. The SMILES string of the molecule is Nc1nc(O)c(C2=C3C(=Nc4c(Br)csc43)C(=O)NCC2)[nH]1. The molecule has 0 aromatic carbocycles. The van der Waals surface area contributed by atoms with Crippen LogP contribution in [0.5, 0.6) is 5.88 Å². The monoisotopic (exact) mass is 379 g/mol. The fourth-order valence-corrected chi connectivity index (χ4v) is 4.32. The van der Waals surface area contributed by atoms with E-state index in [1.54, 1.807) is 0 Å². The van der Waals surface area contributed by atoms with E-state index >= 15 is 0 Å². The number of amides is 1. The molecule has 0 spiro atoms. The van der Waals surface area contributed by atoms with E-state index < -0.39 is 0 Å². The van der Waals surface area contributed by atoms with E-state index in [2.05, 4.69) is 36.2 Å². The minimum atomic E-state index is -0.215. The first-order chi connectivity index (χ1) is 10.6. The van der Waals surface area contributed by atoms with E-state index in [1.165, 1.54) is 11.3 Å². The number of aromatic hydroxyl groups is 1. The number of imidazole rings is 1. The molecule has 2 aromatic rings. The highest BCUT2D eigenvalue weighted by Crippen LogP contribution is 2.49. The summed E-state index contributed by atoms with van der Waals surface area (Å²) in [5.74, 6) is -0.252. The number of hydrogen-bond acceptors (Lipinski definition) is 6. The molecule has 5 N–H and O–H groups in total. The Kier molecular flexibility index (Phi) is 2.88. The Morgan fingerprint density at radius 3 is 3.00 bits per heavy atom. The van der Waals surface area contributed by atoms with Crippen molar-refractivity contribution in [1.82, 2.24) is 15.3 Å². The molecular formula is C13H10BrN5O2S. The molecule has 22 heavy (non-hydrogen) atoms. The van der Waals surface area contributed by atoms with Crippen molar-refractivity contribution in [3.8, 4) is 5.88 Å². The molecule has 9 heteroatoms. The van der Waals surface area contributed by atoms with Crippen LogP contribution in [0.3, 0.4) is 0 Å². The number of nitrogens with two attached hydrogens (primary N) is 1. The van der Waals surface area contributed by atoms with Gasteiger partial charge in [-0.15, -0.1) is 11.3 Å². The molecule has 0 saturated carbocycles. The van der Waals surface area contributed by atoms with Crippen molar-refractivity contribution < 1.29 is 9.90 Å². The summed E-state index contributed by atoms with van der Waals surface area (Å²) in [7, 11) is 0. The molecule has 0 unspecified atom stereocenters. The summed E-state index contributed by atoms with van der Waals surface area (Å²) >= 11 is 4.94. The third-order valence-corrected chi connectivity index (χ3v) is 5.49. The van der Waals surface area contributed by atoms with E-state index in [0.29, 0.717) is 24.4 Å². The number of carbonyl (C=O) groups excluding carboxylic acids is 1. The van der Waals surface area contributed by atoms with Gasteiger partial charge in [0.1, 0.15) is 11.4 Å². The minimum Gasteiger partial charge on any atom is -0.492 e.